The third-order valence-electron chi connectivity index (χ3n) is 4.90. The third kappa shape index (κ3) is 9.01. The van der Waals surface area contributed by atoms with Gasteiger partial charge in [0.1, 0.15) is 5.75 Å². The number of nitrogens with two attached hydrogens (primary N) is 1. The Morgan fingerprint density at radius 3 is 1.69 bits per heavy atom. The third-order valence-corrected chi connectivity index (χ3v) is 6.38. The molecule has 0 aromatic heterocycles. The SMILES string of the molecule is CCN(C)N.O=S(=O)(Oc1ccc(C(Cc2ccc(Cl)cc2)c2ccc(Cl)cc2)cc1)C(F)(F)F. The summed E-state index contributed by atoms with van der Waals surface area (Å²) in [6.45, 7) is 2.92. The Balaban J connectivity index is 0.000000784. The molecule has 3 aromatic rings. The van der Waals surface area contributed by atoms with E-state index >= 15 is 0 Å². The van der Waals surface area contributed by atoms with Crippen LogP contribution in [0.5, 0.6) is 5.75 Å². The molecule has 11 heteroatoms. The second-order valence-corrected chi connectivity index (χ2v) is 9.97. The van der Waals surface area contributed by atoms with Crippen molar-refractivity contribution in [1.29, 1.82) is 0 Å². The molecule has 1 unspecified atom stereocenters. The molecule has 35 heavy (non-hydrogen) atoms. The fourth-order valence-corrected chi connectivity index (χ4v) is 3.62. The van der Waals surface area contributed by atoms with Gasteiger partial charge in [-0.1, -0.05) is 66.5 Å². The van der Waals surface area contributed by atoms with Crippen LogP contribution in [0, 0.1) is 0 Å². The molecule has 0 aliphatic rings. The zero-order valence-corrected chi connectivity index (χ0v) is 21.3. The number of halogens is 5. The maximum atomic E-state index is 12.5. The van der Waals surface area contributed by atoms with Crippen molar-refractivity contribution in [2.45, 2.75) is 24.8 Å². The van der Waals surface area contributed by atoms with Gasteiger partial charge in [-0.15, -0.1) is 0 Å². The van der Waals surface area contributed by atoms with Gasteiger partial charge in [-0.05, 0) is 59.5 Å². The molecule has 0 amide bonds. The zero-order chi connectivity index (χ0) is 26.2. The second kappa shape index (κ2) is 12.6. The average molecular weight is 549 g/mol. The Morgan fingerprint density at radius 2 is 1.29 bits per heavy atom. The van der Waals surface area contributed by atoms with Gasteiger partial charge in [0.2, 0.25) is 0 Å². The fourth-order valence-electron chi connectivity index (χ4n) is 2.91. The van der Waals surface area contributed by atoms with Crippen LogP contribution in [0.4, 0.5) is 13.2 Å². The molecule has 0 saturated heterocycles. The first-order valence-electron chi connectivity index (χ1n) is 10.4. The predicted octanol–water partition coefficient (Wildman–Crippen LogP) is 6.41. The van der Waals surface area contributed by atoms with Crippen molar-refractivity contribution in [2.75, 3.05) is 13.6 Å². The molecule has 3 rings (SSSR count). The second-order valence-electron chi connectivity index (χ2n) is 7.56. The molecule has 5 nitrogen and oxygen atoms in total. The van der Waals surface area contributed by atoms with Gasteiger partial charge in [-0.3, -0.25) is 10.9 Å². The van der Waals surface area contributed by atoms with Gasteiger partial charge in [0.05, 0.1) is 0 Å². The van der Waals surface area contributed by atoms with Gasteiger partial charge >= 0.3 is 15.6 Å². The van der Waals surface area contributed by atoms with Crippen LogP contribution in [0.25, 0.3) is 0 Å². The van der Waals surface area contributed by atoms with Crippen LogP contribution in [-0.4, -0.2) is 32.5 Å². The minimum Gasteiger partial charge on any atom is -0.376 e. The lowest BCUT2D eigenvalue weighted by atomic mass is 9.86. The highest BCUT2D eigenvalue weighted by atomic mass is 35.5. The smallest absolute Gasteiger partial charge is 0.376 e. The van der Waals surface area contributed by atoms with E-state index in [1.54, 1.807) is 29.3 Å². The maximum Gasteiger partial charge on any atom is 0.534 e. The Bertz CT molecular complexity index is 1170. The van der Waals surface area contributed by atoms with E-state index in [1.165, 1.54) is 24.3 Å². The van der Waals surface area contributed by atoms with E-state index in [-0.39, 0.29) is 5.92 Å². The first-order valence-corrected chi connectivity index (χ1v) is 12.5. The Labute approximate surface area is 213 Å². The Kier molecular flexibility index (Phi) is 10.4. The molecule has 0 saturated carbocycles. The summed E-state index contributed by atoms with van der Waals surface area (Å²) in [6.07, 6.45) is 0.583. The standard InChI is InChI=1S/C21H15Cl2F3O3S.C3H10N2/c22-17-7-1-14(2-8-17)13-20(15-3-9-18(23)10-4-15)16-5-11-19(12-6-16)29-30(27,28)21(24,25)26;1-3-5(2)4/h1-12,20H,13H2;3-4H2,1-2H3. The first-order chi connectivity index (χ1) is 16.3. The molecule has 0 radical (unpaired) electrons. The molecule has 0 heterocycles. The van der Waals surface area contributed by atoms with E-state index in [9.17, 15) is 21.6 Å². The summed E-state index contributed by atoms with van der Waals surface area (Å²) in [5, 5.41) is 2.80. The van der Waals surface area contributed by atoms with E-state index in [0.717, 1.165) is 23.2 Å². The summed E-state index contributed by atoms with van der Waals surface area (Å²) >= 11 is 11.9. The Hall–Kier alpha value is -2.30. The van der Waals surface area contributed by atoms with Gasteiger partial charge in [-0.2, -0.15) is 21.6 Å². The lowest BCUT2D eigenvalue weighted by Gasteiger charge is -2.19. The molecule has 0 spiro atoms. The lowest BCUT2D eigenvalue weighted by molar-refractivity contribution is -0.0500. The van der Waals surface area contributed by atoms with Crippen molar-refractivity contribution < 1.29 is 25.8 Å². The number of alkyl halides is 3. The minimum absolute atomic E-state index is 0.156. The van der Waals surface area contributed by atoms with E-state index in [0.29, 0.717) is 16.5 Å². The molecule has 1 atom stereocenters. The van der Waals surface area contributed by atoms with Crippen LogP contribution >= 0.6 is 23.2 Å². The molecular weight excluding hydrogens is 524 g/mol. The molecular formula is C24H25Cl2F3N2O3S. The highest BCUT2D eigenvalue weighted by Crippen LogP contribution is 2.32. The highest BCUT2D eigenvalue weighted by Gasteiger charge is 2.48. The van der Waals surface area contributed by atoms with Crippen molar-refractivity contribution in [3.63, 3.8) is 0 Å². The normalized spacial score (nSPS) is 12.6. The molecule has 2 N–H and O–H groups in total. The van der Waals surface area contributed by atoms with E-state index in [1.807, 2.05) is 38.2 Å². The van der Waals surface area contributed by atoms with Crippen molar-refractivity contribution >= 4 is 33.3 Å². The summed E-state index contributed by atoms with van der Waals surface area (Å²) in [5.41, 5.74) is -2.79. The number of nitrogens with zero attached hydrogens (tertiary/aromatic N) is 1. The number of benzene rings is 3. The summed E-state index contributed by atoms with van der Waals surface area (Å²) < 4.78 is 64.1. The summed E-state index contributed by atoms with van der Waals surface area (Å²) in [4.78, 5) is 0. The van der Waals surface area contributed by atoms with Gasteiger partial charge in [0, 0.05) is 29.6 Å². The molecule has 0 aliphatic heterocycles. The van der Waals surface area contributed by atoms with Crippen molar-refractivity contribution in [3.8, 4) is 5.75 Å². The molecule has 0 fully saturated rings. The van der Waals surface area contributed by atoms with Crippen LogP contribution in [0.3, 0.4) is 0 Å². The van der Waals surface area contributed by atoms with Crippen LogP contribution in [-0.2, 0) is 16.5 Å². The molecule has 190 valence electrons. The Morgan fingerprint density at radius 1 is 0.886 bits per heavy atom. The summed E-state index contributed by atoms with van der Waals surface area (Å²) in [6, 6.07) is 20.0. The first kappa shape index (κ1) is 28.9. The van der Waals surface area contributed by atoms with E-state index < -0.39 is 21.4 Å². The summed E-state index contributed by atoms with van der Waals surface area (Å²) in [7, 11) is -3.89. The number of hydrogen-bond donors (Lipinski definition) is 1. The fraction of sp³-hybridized carbons (Fsp3) is 0.250. The van der Waals surface area contributed by atoms with Gasteiger partial charge in [0.25, 0.3) is 0 Å². The largest absolute Gasteiger partial charge is 0.534 e. The zero-order valence-electron chi connectivity index (χ0n) is 19.0. The van der Waals surface area contributed by atoms with E-state index in [4.69, 9.17) is 29.0 Å². The van der Waals surface area contributed by atoms with Crippen LogP contribution < -0.4 is 10.0 Å². The average Bonchev–Trinajstić information content (AvgIpc) is 2.79. The van der Waals surface area contributed by atoms with Gasteiger partial charge in [0.15, 0.2) is 0 Å². The molecule has 3 aromatic carbocycles. The van der Waals surface area contributed by atoms with Crippen molar-refractivity contribution in [3.05, 3.63) is 99.5 Å². The van der Waals surface area contributed by atoms with Crippen LogP contribution in [0.1, 0.15) is 29.5 Å². The lowest BCUT2D eigenvalue weighted by Crippen LogP contribution is -2.28. The van der Waals surface area contributed by atoms with Gasteiger partial charge < -0.3 is 4.18 Å². The quantitative estimate of drug-likeness (QED) is 0.160. The van der Waals surface area contributed by atoms with E-state index in [2.05, 4.69) is 4.18 Å². The van der Waals surface area contributed by atoms with Crippen molar-refractivity contribution in [1.82, 2.24) is 5.01 Å². The highest BCUT2D eigenvalue weighted by molar-refractivity contribution is 7.88. The molecule has 0 bridgehead atoms. The van der Waals surface area contributed by atoms with Gasteiger partial charge in [-0.25, -0.2) is 0 Å². The van der Waals surface area contributed by atoms with Crippen LogP contribution in [0.15, 0.2) is 72.8 Å². The maximum absolute atomic E-state index is 12.5. The predicted molar refractivity (Wildman–Crippen MR) is 133 cm³/mol. The monoisotopic (exact) mass is 548 g/mol. The minimum atomic E-state index is -5.72. The number of hydrogen-bond acceptors (Lipinski definition) is 5. The molecule has 0 aliphatic carbocycles. The summed E-state index contributed by atoms with van der Waals surface area (Å²) in [5.74, 6) is 4.55. The van der Waals surface area contributed by atoms with Crippen molar-refractivity contribution in [2.24, 2.45) is 5.84 Å². The number of hydrazine groups is 1. The number of rotatable bonds is 7. The topological polar surface area (TPSA) is 72.6 Å². The van der Waals surface area contributed by atoms with Crippen LogP contribution in [0.2, 0.25) is 10.0 Å².